The minimum absolute atomic E-state index is 0.0662. The van der Waals surface area contributed by atoms with Crippen LogP contribution >= 0.6 is 0 Å². The summed E-state index contributed by atoms with van der Waals surface area (Å²) in [4.78, 5) is 2.05. The van der Waals surface area contributed by atoms with Gasteiger partial charge in [-0.15, -0.1) is 0 Å². The highest BCUT2D eigenvalue weighted by atomic mass is 32.2. The molecule has 1 aliphatic rings. The smallest absolute Gasteiger partial charge is 0.173 e. The van der Waals surface area contributed by atoms with Gasteiger partial charge < -0.3 is 10.2 Å². The number of hydrogen-bond acceptors (Lipinski definition) is 4. The van der Waals surface area contributed by atoms with Crippen LogP contribution < -0.4 is 10.2 Å². The molecule has 0 spiro atoms. The Hall–Kier alpha value is -1.33. The second-order valence-electron chi connectivity index (χ2n) is 4.71. The Labute approximate surface area is 108 Å². The van der Waals surface area contributed by atoms with Gasteiger partial charge in [0.05, 0.1) is 5.75 Å². The fraction of sp³-hybridized carbons (Fsp3) is 0.385. The molecule has 1 aromatic rings. The van der Waals surface area contributed by atoms with E-state index < -0.39 is 9.84 Å². The monoisotopic (exact) mass is 266 g/mol. The van der Waals surface area contributed by atoms with Crippen molar-refractivity contribution in [3.05, 3.63) is 41.3 Å². The third-order valence-electron chi connectivity index (χ3n) is 2.95. The van der Waals surface area contributed by atoms with E-state index in [1.807, 2.05) is 19.0 Å². The zero-order valence-corrected chi connectivity index (χ0v) is 11.4. The molecule has 1 heterocycles. The Bertz CT molecular complexity index is 533. The molecule has 98 valence electrons. The lowest BCUT2D eigenvalue weighted by Gasteiger charge is -2.14. The van der Waals surface area contributed by atoms with E-state index in [-0.39, 0.29) is 11.8 Å². The van der Waals surface area contributed by atoms with Crippen molar-refractivity contribution < 1.29 is 8.42 Å². The van der Waals surface area contributed by atoms with Crippen LogP contribution in [0, 0.1) is 0 Å². The van der Waals surface area contributed by atoms with E-state index in [0.29, 0.717) is 6.54 Å². The molecule has 0 saturated carbocycles. The summed E-state index contributed by atoms with van der Waals surface area (Å²) in [5, 5.41) is 4.51. The highest BCUT2D eigenvalue weighted by Gasteiger charge is 2.20. The number of anilines is 1. The topological polar surface area (TPSA) is 49.4 Å². The summed E-state index contributed by atoms with van der Waals surface area (Å²) in [6.45, 7) is 0.679. The molecule has 1 aromatic carbocycles. The molecule has 2 rings (SSSR count). The summed E-state index contributed by atoms with van der Waals surface area (Å²) in [7, 11) is 1.04. The van der Waals surface area contributed by atoms with E-state index in [1.165, 1.54) is 5.41 Å². The first kappa shape index (κ1) is 13.1. The number of sulfone groups is 1. The minimum Gasteiger partial charge on any atom is -0.378 e. The first-order valence-electron chi connectivity index (χ1n) is 5.87. The third-order valence-corrected chi connectivity index (χ3v) is 4.35. The molecule has 4 nitrogen and oxygen atoms in total. The lowest BCUT2D eigenvalue weighted by molar-refractivity contribution is 0.590. The van der Waals surface area contributed by atoms with Crippen molar-refractivity contribution in [2.75, 3.05) is 24.7 Å². The Morgan fingerprint density at radius 2 is 1.94 bits per heavy atom. The molecule has 0 aromatic heterocycles. The third kappa shape index (κ3) is 3.34. The van der Waals surface area contributed by atoms with Crippen LogP contribution in [0.4, 0.5) is 5.69 Å². The molecule has 1 aliphatic heterocycles. The predicted octanol–water partition coefficient (Wildman–Crippen LogP) is 1.15. The van der Waals surface area contributed by atoms with Crippen molar-refractivity contribution in [2.24, 2.45) is 0 Å². The van der Waals surface area contributed by atoms with Crippen molar-refractivity contribution in [2.45, 2.75) is 12.6 Å². The summed E-state index contributed by atoms with van der Waals surface area (Å²) in [5.41, 5.74) is 2.31. The second-order valence-corrected chi connectivity index (χ2v) is 6.64. The van der Waals surface area contributed by atoms with Gasteiger partial charge in [0.25, 0.3) is 0 Å². The second kappa shape index (κ2) is 5.12. The Morgan fingerprint density at radius 3 is 2.44 bits per heavy atom. The van der Waals surface area contributed by atoms with Gasteiger partial charge >= 0.3 is 0 Å². The molecule has 1 unspecified atom stereocenters. The van der Waals surface area contributed by atoms with Crippen LogP contribution in [0.2, 0.25) is 0 Å². The first-order chi connectivity index (χ1) is 8.46. The summed E-state index contributed by atoms with van der Waals surface area (Å²) >= 11 is 0. The van der Waals surface area contributed by atoms with Crippen LogP contribution in [0.5, 0.6) is 0 Å². The zero-order valence-electron chi connectivity index (χ0n) is 10.6. The average molecular weight is 266 g/mol. The van der Waals surface area contributed by atoms with Gasteiger partial charge in [-0.25, -0.2) is 8.42 Å². The van der Waals surface area contributed by atoms with Gasteiger partial charge in [-0.2, -0.15) is 0 Å². The van der Waals surface area contributed by atoms with Crippen molar-refractivity contribution in [1.29, 1.82) is 0 Å². The van der Waals surface area contributed by atoms with E-state index in [0.717, 1.165) is 11.3 Å². The number of hydrogen-bond donors (Lipinski definition) is 1. The van der Waals surface area contributed by atoms with Gasteiger partial charge in [0, 0.05) is 37.8 Å². The highest BCUT2D eigenvalue weighted by molar-refractivity contribution is 7.94. The van der Waals surface area contributed by atoms with Crippen LogP contribution in [0.15, 0.2) is 35.7 Å². The molecule has 5 heteroatoms. The van der Waals surface area contributed by atoms with Crippen LogP contribution in [0.25, 0.3) is 0 Å². The van der Waals surface area contributed by atoms with Crippen LogP contribution in [-0.4, -0.2) is 34.3 Å². The summed E-state index contributed by atoms with van der Waals surface area (Å²) in [6, 6.07) is 8.14. The van der Waals surface area contributed by atoms with Gasteiger partial charge in [-0.3, -0.25) is 0 Å². The number of nitrogens with one attached hydrogen (secondary N) is 1. The molecule has 18 heavy (non-hydrogen) atoms. The molecule has 0 fully saturated rings. The molecule has 1 atom stereocenters. The molecule has 1 N–H and O–H groups in total. The summed E-state index contributed by atoms with van der Waals surface area (Å²) in [5.74, 6) is 0.169. The maximum Gasteiger partial charge on any atom is 0.173 e. The summed E-state index contributed by atoms with van der Waals surface area (Å²) in [6.07, 6.45) is 1.71. The Balaban J connectivity index is 1.90. The number of nitrogens with zero attached hydrogens (tertiary/aromatic N) is 1. The quantitative estimate of drug-likeness (QED) is 0.888. The molecular formula is C13H18N2O2S. The SMILES string of the molecule is CN(C)c1ccc(CNC2C=CS(=O)(=O)C2)cc1. The lowest BCUT2D eigenvalue weighted by Crippen LogP contribution is -2.29. The van der Waals surface area contributed by atoms with E-state index >= 15 is 0 Å². The van der Waals surface area contributed by atoms with Crippen molar-refractivity contribution in [1.82, 2.24) is 5.32 Å². The lowest BCUT2D eigenvalue weighted by atomic mass is 10.2. The van der Waals surface area contributed by atoms with E-state index in [1.54, 1.807) is 6.08 Å². The van der Waals surface area contributed by atoms with E-state index in [4.69, 9.17) is 0 Å². The predicted molar refractivity (Wildman–Crippen MR) is 74.3 cm³/mol. The fourth-order valence-corrected chi connectivity index (χ4v) is 3.13. The van der Waals surface area contributed by atoms with Gasteiger partial charge in [-0.1, -0.05) is 18.2 Å². The van der Waals surface area contributed by atoms with Gasteiger partial charge in [0.1, 0.15) is 0 Å². The van der Waals surface area contributed by atoms with Crippen LogP contribution in [-0.2, 0) is 16.4 Å². The minimum atomic E-state index is -2.97. The Kier molecular flexibility index (Phi) is 3.73. The fourth-order valence-electron chi connectivity index (χ4n) is 1.86. The standard InChI is InChI=1S/C13H18N2O2S/c1-15(2)13-5-3-11(4-6-13)9-14-12-7-8-18(16,17)10-12/h3-8,12,14H,9-10H2,1-2H3. The molecule has 0 amide bonds. The van der Waals surface area contributed by atoms with Gasteiger partial charge in [-0.05, 0) is 17.7 Å². The molecule has 0 bridgehead atoms. The Morgan fingerprint density at radius 1 is 1.28 bits per heavy atom. The van der Waals surface area contributed by atoms with Crippen LogP contribution in [0.1, 0.15) is 5.56 Å². The molecular weight excluding hydrogens is 248 g/mol. The average Bonchev–Trinajstić information content (AvgIpc) is 2.67. The van der Waals surface area contributed by atoms with Crippen molar-refractivity contribution >= 4 is 15.5 Å². The van der Waals surface area contributed by atoms with E-state index in [2.05, 4.69) is 29.6 Å². The maximum atomic E-state index is 11.2. The zero-order chi connectivity index (χ0) is 13.2. The number of rotatable bonds is 4. The normalized spacial score (nSPS) is 21.1. The maximum absolute atomic E-state index is 11.2. The first-order valence-corrected chi connectivity index (χ1v) is 7.58. The number of benzene rings is 1. The molecule has 0 aliphatic carbocycles. The van der Waals surface area contributed by atoms with E-state index in [9.17, 15) is 8.42 Å². The van der Waals surface area contributed by atoms with Gasteiger partial charge in [0.15, 0.2) is 9.84 Å². The largest absolute Gasteiger partial charge is 0.378 e. The summed E-state index contributed by atoms with van der Waals surface area (Å²) < 4.78 is 22.5. The molecule has 0 saturated heterocycles. The highest BCUT2D eigenvalue weighted by Crippen LogP contribution is 2.13. The van der Waals surface area contributed by atoms with Crippen LogP contribution in [0.3, 0.4) is 0 Å². The van der Waals surface area contributed by atoms with Crippen molar-refractivity contribution in [3.63, 3.8) is 0 Å². The van der Waals surface area contributed by atoms with Crippen molar-refractivity contribution in [3.8, 4) is 0 Å². The van der Waals surface area contributed by atoms with Gasteiger partial charge in [0.2, 0.25) is 0 Å². The molecule has 0 radical (unpaired) electrons.